The summed E-state index contributed by atoms with van der Waals surface area (Å²) >= 11 is 0. The first-order valence-corrected chi connectivity index (χ1v) is 10.5. The van der Waals surface area contributed by atoms with Crippen molar-refractivity contribution in [2.75, 3.05) is 13.2 Å². The molecule has 1 fully saturated rings. The molecule has 1 aromatic heterocycles. The first-order valence-electron chi connectivity index (χ1n) is 10.5. The lowest BCUT2D eigenvalue weighted by Gasteiger charge is -2.35. The Kier molecular flexibility index (Phi) is 8.07. The molecule has 29 heavy (non-hydrogen) atoms. The summed E-state index contributed by atoms with van der Waals surface area (Å²) in [6.07, 6.45) is 5.55. The number of carbonyl (C=O) groups is 2. The number of hydrogen-bond donors (Lipinski definition) is 0. The summed E-state index contributed by atoms with van der Waals surface area (Å²) in [5.74, 6) is -0.443. The van der Waals surface area contributed by atoms with E-state index in [9.17, 15) is 14.9 Å². The number of hydrogen-bond acceptors (Lipinski definition) is 4. The van der Waals surface area contributed by atoms with Crippen molar-refractivity contribution in [3.05, 3.63) is 28.6 Å². The Morgan fingerprint density at radius 2 is 2.07 bits per heavy atom. The fourth-order valence-electron chi connectivity index (χ4n) is 3.95. The van der Waals surface area contributed by atoms with Crippen molar-refractivity contribution in [3.63, 3.8) is 0 Å². The maximum Gasteiger partial charge on any atom is 0.349 e. The fourth-order valence-corrected chi connectivity index (χ4v) is 3.95. The van der Waals surface area contributed by atoms with Crippen LogP contribution in [-0.4, -0.2) is 40.5 Å². The van der Waals surface area contributed by atoms with Crippen molar-refractivity contribution in [2.24, 2.45) is 5.92 Å². The van der Waals surface area contributed by atoms with Crippen LogP contribution in [0.5, 0.6) is 0 Å². The number of carbonyl (C=O) groups excluding carboxylic acids is 2. The van der Waals surface area contributed by atoms with Crippen molar-refractivity contribution < 1.29 is 14.3 Å². The van der Waals surface area contributed by atoms with Gasteiger partial charge in [0.25, 0.3) is 5.91 Å². The van der Waals surface area contributed by atoms with Crippen LogP contribution in [0.1, 0.15) is 63.4 Å². The van der Waals surface area contributed by atoms with Gasteiger partial charge in [-0.3, -0.25) is 4.79 Å². The van der Waals surface area contributed by atoms with Crippen LogP contribution < -0.4 is 0 Å². The number of likely N-dealkylation sites (tertiary alicyclic amines) is 1. The van der Waals surface area contributed by atoms with Gasteiger partial charge in [-0.1, -0.05) is 20.8 Å². The molecule has 0 aliphatic carbocycles. The van der Waals surface area contributed by atoms with E-state index in [4.69, 9.17) is 4.74 Å². The van der Waals surface area contributed by atoms with Crippen molar-refractivity contribution in [2.45, 2.75) is 72.9 Å². The Labute approximate surface area is 174 Å². The highest BCUT2D eigenvalue weighted by atomic mass is 16.5. The first kappa shape index (κ1) is 22.7. The number of piperidine rings is 1. The highest BCUT2D eigenvalue weighted by Gasteiger charge is 2.26. The molecule has 0 bridgehead atoms. The van der Waals surface area contributed by atoms with Crippen LogP contribution in [-0.2, 0) is 20.9 Å². The van der Waals surface area contributed by atoms with Gasteiger partial charge in [0.1, 0.15) is 11.6 Å². The molecule has 0 spiro atoms. The van der Waals surface area contributed by atoms with Crippen molar-refractivity contribution in [3.8, 4) is 6.07 Å². The van der Waals surface area contributed by atoms with E-state index in [-0.39, 0.29) is 24.1 Å². The molecule has 2 rings (SSSR count). The van der Waals surface area contributed by atoms with Crippen LogP contribution in [0.2, 0.25) is 0 Å². The van der Waals surface area contributed by atoms with Gasteiger partial charge in [-0.15, -0.1) is 0 Å². The second-order valence-corrected chi connectivity index (χ2v) is 8.22. The van der Waals surface area contributed by atoms with Gasteiger partial charge in [0.15, 0.2) is 6.61 Å². The summed E-state index contributed by atoms with van der Waals surface area (Å²) in [5.41, 5.74) is 2.82. The number of nitrogens with zero attached hydrogens (tertiary/aromatic N) is 3. The van der Waals surface area contributed by atoms with Gasteiger partial charge in [-0.25, -0.2) is 4.79 Å². The zero-order valence-electron chi connectivity index (χ0n) is 18.3. The fraction of sp³-hybridized carbons (Fsp3) is 0.609. The predicted molar refractivity (Wildman–Crippen MR) is 113 cm³/mol. The average molecular weight is 400 g/mol. The van der Waals surface area contributed by atoms with E-state index in [0.29, 0.717) is 12.5 Å². The summed E-state index contributed by atoms with van der Waals surface area (Å²) in [6.45, 7) is 11.6. The molecule has 1 aliphatic rings. The minimum atomic E-state index is -0.750. The third-order valence-electron chi connectivity index (χ3n) is 5.55. The molecule has 0 unspecified atom stereocenters. The smallest absolute Gasteiger partial charge is 0.349 e. The molecule has 6 nitrogen and oxygen atoms in total. The van der Waals surface area contributed by atoms with Gasteiger partial charge in [0, 0.05) is 30.5 Å². The second-order valence-electron chi connectivity index (χ2n) is 8.22. The number of esters is 1. The Hall–Kier alpha value is -2.55. The zero-order valence-corrected chi connectivity index (χ0v) is 18.3. The van der Waals surface area contributed by atoms with E-state index < -0.39 is 5.97 Å². The van der Waals surface area contributed by atoms with Gasteiger partial charge in [-0.2, -0.15) is 5.26 Å². The highest BCUT2D eigenvalue weighted by molar-refractivity contribution is 5.99. The van der Waals surface area contributed by atoms with Crippen LogP contribution in [0.4, 0.5) is 0 Å². The summed E-state index contributed by atoms with van der Waals surface area (Å²) in [7, 11) is 0. The minimum Gasteiger partial charge on any atom is -0.451 e. The summed E-state index contributed by atoms with van der Waals surface area (Å²) in [5, 5.41) is 9.44. The molecule has 0 radical (unpaired) electrons. The zero-order chi connectivity index (χ0) is 21.6. The van der Waals surface area contributed by atoms with Gasteiger partial charge in [-0.05, 0) is 63.2 Å². The molecule has 1 aromatic rings. The molecular formula is C23H33N3O3. The summed E-state index contributed by atoms with van der Waals surface area (Å²) in [4.78, 5) is 26.7. The van der Waals surface area contributed by atoms with Crippen molar-refractivity contribution in [1.82, 2.24) is 9.47 Å². The van der Waals surface area contributed by atoms with E-state index in [1.54, 1.807) is 6.08 Å². The van der Waals surface area contributed by atoms with Gasteiger partial charge in [0.05, 0.1) is 0 Å². The minimum absolute atomic E-state index is 0.0896. The molecule has 6 heteroatoms. The summed E-state index contributed by atoms with van der Waals surface area (Å²) in [6, 6.07) is 4.10. The molecule has 0 N–H and O–H groups in total. The van der Waals surface area contributed by atoms with Gasteiger partial charge >= 0.3 is 5.97 Å². The lowest BCUT2D eigenvalue weighted by Crippen LogP contribution is -2.45. The normalized spacial score (nSPS) is 17.3. The first-order chi connectivity index (χ1) is 13.8. The summed E-state index contributed by atoms with van der Waals surface area (Å²) < 4.78 is 7.37. The molecule has 2 heterocycles. The Morgan fingerprint density at radius 3 is 2.69 bits per heavy atom. The van der Waals surface area contributed by atoms with Crippen LogP contribution in [0.25, 0.3) is 6.08 Å². The Balaban J connectivity index is 2.07. The third-order valence-corrected chi connectivity index (χ3v) is 5.55. The average Bonchev–Trinajstić information content (AvgIpc) is 2.96. The quantitative estimate of drug-likeness (QED) is 0.394. The lowest BCUT2D eigenvalue weighted by atomic mass is 10.00. The van der Waals surface area contributed by atoms with Crippen LogP contribution >= 0.6 is 0 Å². The Bertz CT molecular complexity index is 814. The maximum absolute atomic E-state index is 12.5. The second kappa shape index (κ2) is 10.3. The number of nitriles is 1. The van der Waals surface area contributed by atoms with E-state index in [1.807, 2.05) is 30.9 Å². The third kappa shape index (κ3) is 5.72. The number of ether oxygens (including phenoxy) is 1. The number of rotatable bonds is 7. The molecule has 0 aromatic carbocycles. The monoisotopic (exact) mass is 399 g/mol. The maximum atomic E-state index is 12.5. The van der Waals surface area contributed by atoms with E-state index in [0.717, 1.165) is 49.2 Å². The molecule has 0 saturated carbocycles. The number of amides is 1. The van der Waals surface area contributed by atoms with Crippen LogP contribution in [0.15, 0.2) is 11.6 Å². The molecule has 1 amide bonds. The highest BCUT2D eigenvalue weighted by Crippen LogP contribution is 2.21. The van der Waals surface area contributed by atoms with Crippen LogP contribution in [0.3, 0.4) is 0 Å². The number of aryl methyl sites for hydroxylation is 1. The van der Waals surface area contributed by atoms with E-state index in [1.165, 1.54) is 0 Å². The standard InChI is InChI=1S/C23H33N3O3/c1-6-21-9-7-8-10-25(21)22(27)15-29-23(28)20(13-24)12-19-11-17(4)26(18(19)5)14-16(2)3/h11-12,16,21H,6-10,14-15H2,1-5H3/b20-12+/t21-/m1/s1. The Morgan fingerprint density at radius 1 is 1.34 bits per heavy atom. The van der Waals surface area contributed by atoms with Gasteiger partial charge < -0.3 is 14.2 Å². The molecule has 1 atom stereocenters. The molecule has 1 aliphatic heterocycles. The number of aromatic nitrogens is 1. The van der Waals surface area contributed by atoms with Crippen molar-refractivity contribution >= 4 is 18.0 Å². The van der Waals surface area contributed by atoms with E-state index in [2.05, 4.69) is 25.3 Å². The molecular weight excluding hydrogens is 366 g/mol. The van der Waals surface area contributed by atoms with E-state index >= 15 is 0 Å². The lowest BCUT2D eigenvalue weighted by molar-refractivity contribution is -0.150. The molecule has 1 saturated heterocycles. The van der Waals surface area contributed by atoms with Gasteiger partial charge in [0.2, 0.25) is 0 Å². The molecule has 158 valence electrons. The predicted octanol–water partition coefficient (Wildman–Crippen LogP) is 4.00. The van der Waals surface area contributed by atoms with Crippen LogP contribution in [0, 0.1) is 31.1 Å². The van der Waals surface area contributed by atoms with Crippen molar-refractivity contribution in [1.29, 1.82) is 5.26 Å². The topological polar surface area (TPSA) is 75.3 Å². The largest absolute Gasteiger partial charge is 0.451 e. The SMILES string of the molecule is CC[C@@H]1CCCCN1C(=O)COC(=O)/C(C#N)=C/c1cc(C)n(CC(C)C)c1C.